The van der Waals surface area contributed by atoms with E-state index >= 15 is 0 Å². The third-order valence-electron chi connectivity index (χ3n) is 4.60. The average molecular weight is 484 g/mol. The van der Waals surface area contributed by atoms with Gasteiger partial charge in [-0.3, -0.25) is 4.79 Å². The van der Waals surface area contributed by atoms with Gasteiger partial charge in [0.05, 0.1) is 18.4 Å². The zero-order valence-electron chi connectivity index (χ0n) is 17.0. The van der Waals surface area contributed by atoms with Crippen molar-refractivity contribution in [3.8, 4) is 11.5 Å². The van der Waals surface area contributed by atoms with Crippen LogP contribution in [0.25, 0.3) is 0 Å². The maximum absolute atomic E-state index is 13.3. The smallest absolute Gasteiger partial charge is 0.418 e. The number of anilines is 1. The van der Waals surface area contributed by atoms with Gasteiger partial charge in [-0.1, -0.05) is 23.2 Å². The van der Waals surface area contributed by atoms with Gasteiger partial charge in [-0.25, -0.2) is 0 Å². The Bertz CT molecular complexity index is 1150. The average Bonchev–Trinajstić information content (AvgIpc) is 2.74. The first kappa shape index (κ1) is 23.8. The highest BCUT2D eigenvalue weighted by Gasteiger charge is 2.34. The molecule has 0 saturated heterocycles. The van der Waals surface area contributed by atoms with E-state index in [1.165, 1.54) is 25.3 Å². The zero-order valence-corrected chi connectivity index (χ0v) is 18.5. The third-order valence-corrected chi connectivity index (χ3v) is 5.26. The lowest BCUT2D eigenvalue weighted by molar-refractivity contribution is -0.136. The predicted octanol–water partition coefficient (Wildman–Crippen LogP) is 7.16. The van der Waals surface area contributed by atoms with Gasteiger partial charge in [0.2, 0.25) is 0 Å². The van der Waals surface area contributed by atoms with Crippen LogP contribution in [0.1, 0.15) is 27.0 Å². The van der Waals surface area contributed by atoms with Crippen molar-refractivity contribution in [2.45, 2.75) is 19.7 Å². The number of ether oxygens (including phenoxy) is 2. The van der Waals surface area contributed by atoms with Crippen LogP contribution in [0.3, 0.4) is 0 Å². The number of hydrogen-bond donors (Lipinski definition) is 1. The fourth-order valence-electron chi connectivity index (χ4n) is 2.96. The Balaban J connectivity index is 1.83. The lowest BCUT2D eigenvalue weighted by Crippen LogP contribution is -2.17. The van der Waals surface area contributed by atoms with Crippen LogP contribution >= 0.6 is 23.2 Å². The molecule has 0 bridgehead atoms. The van der Waals surface area contributed by atoms with E-state index in [0.29, 0.717) is 22.1 Å². The van der Waals surface area contributed by atoms with Crippen molar-refractivity contribution < 1.29 is 27.4 Å². The first-order valence-corrected chi connectivity index (χ1v) is 10.1. The van der Waals surface area contributed by atoms with Crippen LogP contribution < -0.4 is 14.8 Å². The third kappa shape index (κ3) is 5.66. The highest BCUT2D eigenvalue weighted by Crippen LogP contribution is 2.36. The number of halogens is 5. The Morgan fingerprint density at radius 2 is 1.78 bits per heavy atom. The summed E-state index contributed by atoms with van der Waals surface area (Å²) in [5.74, 6) is 0.318. The fraction of sp³-hybridized carbons (Fsp3) is 0.174. The summed E-state index contributed by atoms with van der Waals surface area (Å²) >= 11 is 11.7. The lowest BCUT2D eigenvalue weighted by atomic mass is 10.1. The van der Waals surface area contributed by atoms with Crippen molar-refractivity contribution in [3.63, 3.8) is 0 Å². The Labute approximate surface area is 192 Å². The van der Waals surface area contributed by atoms with Crippen LogP contribution in [0.4, 0.5) is 18.9 Å². The zero-order chi connectivity index (χ0) is 23.5. The van der Waals surface area contributed by atoms with Gasteiger partial charge in [-0.2, -0.15) is 13.2 Å². The van der Waals surface area contributed by atoms with Crippen molar-refractivity contribution in [3.05, 3.63) is 86.9 Å². The summed E-state index contributed by atoms with van der Waals surface area (Å²) in [5.41, 5.74) is 0.0954. The molecule has 0 aliphatic heterocycles. The van der Waals surface area contributed by atoms with Crippen molar-refractivity contribution in [2.75, 3.05) is 12.4 Å². The molecule has 0 saturated carbocycles. The molecule has 32 heavy (non-hydrogen) atoms. The number of methoxy groups -OCH3 is 1. The first-order chi connectivity index (χ1) is 15.1. The molecule has 1 N–H and O–H groups in total. The fourth-order valence-corrected chi connectivity index (χ4v) is 3.24. The molecule has 3 rings (SSSR count). The van der Waals surface area contributed by atoms with Crippen LogP contribution in [0.15, 0.2) is 54.6 Å². The number of alkyl halides is 3. The lowest BCUT2D eigenvalue weighted by Gasteiger charge is -2.15. The van der Waals surface area contributed by atoms with Crippen LogP contribution in [-0.2, 0) is 12.8 Å². The van der Waals surface area contributed by atoms with E-state index in [2.05, 4.69) is 5.32 Å². The largest absolute Gasteiger partial charge is 0.496 e. The van der Waals surface area contributed by atoms with Gasteiger partial charge < -0.3 is 14.8 Å². The molecule has 0 atom stereocenters. The van der Waals surface area contributed by atoms with Gasteiger partial charge >= 0.3 is 6.18 Å². The first-order valence-electron chi connectivity index (χ1n) is 9.32. The molecule has 0 unspecified atom stereocenters. The quantitative estimate of drug-likeness (QED) is 0.404. The standard InChI is InChI=1S/C23H18Cl2F3NO3/c1-13-9-17(5-6-19(13)25)32-12-15-10-14(3-8-21(15)31-2)22(30)29-20-7-4-16(24)11-18(20)23(26,27)28/h3-11H,12H2,1-2H3,(H,29,30). The van der Waals surface area contributed by atoms with E-state index in [-0.39, 0.29) is 17.2 Å². The molecule has 168 valence electrons. The highest BCUT2D eigenvalue weighted by atomic mass is 35.5. The highest BCUT2D eigenvalue weighted by molar-refractivity contribution is 6.31. The second-order valence-corrected chi connectivity index (χ2v) is 7.71. The summed E-state index contributed by atoms with van der Waals surface area (Å²) in [6.45, 7) is 1.91. The Morgan fingerprint density at radius 1 is 1.03 bits per heavy atom. The van der Waals surface area contributed by atoms with E-state index in [0.717, 1.165) is 17.7 Å². The van der Waals surface area contributed by atoms with Crippen LogP contribution in [0.2, 0.25) is 10.0 Å². The number of benzene rings is 3. The maximum Gasteiger partial charge on any atom is 0.418 e. The topological polar surface area (TPSA) is 47.6 Å². The Kier molecular flexibility index (Phi) is 7.21. The molecule has 1 amide bonds. The summed E-state index contributed by atoms with van der Waals surface area (Å²) in [4.78, 5) is 12.7. The minimum absolute atomic E-state index is 0.0696. The van der Waals surface area contributed by atoms with Crippen molar-refractivity contribution in [2.24, 2.45) is 0 Å². The van der Waals surface area contributed by atoms with Gasteiger partial charge in [-0.15, -0.1) is 0 Å². The number of hydrogen-bond acceptors (Lipinski definition) is 3. The molecule has 3 aromatic carbocycles. The molecule has 9 heteroatoms. The van der Waals surface area contributed by atoms with Crippen LogP contribution in [0.5, 0.6) is 11.5 Å². The van der Waals surface area contributed by atoms with E-state index in [9.17, 15) is 18.0 Å². The minimum Gasteiger partial charge on any atom is -0.496 e. The predicted molar refractivity (Wildman–Crippen MR) is 118 cm³/mol. The molecular weight excluding hydrogens is 466 g/mol. The van der Waals surface area contributed by atoms with Gasteiger partial charge in [0.25, 0.3) is 5.91 Å². The second-order valence-electron chi connectivity index (χ2n) is 6.87. The van der Waals surface area contributed by atoms with Gasteiger partial charge in [0.15, 0.2) is 0 Å². The molecule has 3 aromatic rings. The van der Waals surface area contributed by atoms with E-state index < -0.39 is 23.3 Å². The molecule has 0 aliphatic carbocycles. The molecule has 0 heterocycles. The number of nitrogens with one attached hydrogen (secondary N) is 1. The Morgan fingerprint density at radius 3 is 2.44 bits per heavy atom. The van der Waals surface area contributed by atoms with Crippen molar-refractivity contribution in [1.29, 1.82) is 0 Å². The summed E-state index contributed by atoms with van der Waals surface area (Å²) in [6.07, 6.45) is -4.68. The van der Waals surface area contributed by atoms with E-state index in [1.54, 1.807) is 24.3 Å². The molecule has 0 aromatic heterocycles. The minimum atomic E-state index is -4.68. The normalized spacial score (nSPS) is 11.2. The second kappa shape index (κ2) is 9.71. The summed E-state index contributed by atoms with van der Waals surface area (Å²) in [5, 5.41) is 2.82. The van der Waals surface area contributed by atoms with Crippen LogP contribution in [-0.4, -0.2) is 13.0 Å². The molecule has 0 radical (unpaired) electrons. The molecule has 0 aliphatic rings. The summed E-state index contributed by atoms with van der Waals surface area (Å²) in [6, 6.07) is 12.8. The van der Waals surface area contributed by atoms with Gasteiger partial charge in [0.1, 0.15) is 18.1 Å². The van der Waals surface area contributed by atoms with Crippen molar-refractivity contribution in [1.82, 2.24) is 0 Å². The van der Waals surface area contributed by atoms with Crippen LogP contribution in [0, 0.1) is 6.92 Å². The molecule has 4 nitrogen and oxygen atoms in total. The molecule has 0 fully saturated rings. The van der Waals surface area contributed by atoms with Gasteiger partial charge in [-0.05, 0) is 67.1 Å². The Hall–Kier alpha value is -2.90. The maximum atomic E-state index is 13.3. The van der Waals surface area contributed by atoms with Crippen molar-refractivity contribution >= 4 is 34.8 Å². The number of rotatable bonds is 6. The van der Waals surface area contributed by atoms with E-state index in [1.807, 2.05) is 6.92 Å². The molecular formula is C23H18Cl2F3NO3. The molecule has 0 spiro atoms. The number of amides is 1. The summed E-state index contributed by atoms with van der Waals surface area (Å²) < 4.78 is 51.0. The number of carbonyl (C=O) groups is 1. The monoisotopic (exact) mass is 483 g/mol. The SMILES string of the molecule is COc1ccc(C(=O)Nc2ccc(Cl)cc2C(F)(F)F)cc1COc1ccc(Cl)c(C)c1. The number of carbonyl (C=O) groups excluding carboxylic acids is 1. The van der Waals surface area contributed by atoms with Gasteiger partial charge in [0, 0.05) is 21.2 Å². The van der Waals surface area contributed by atoms with E-state index in [4.69, 9.17) is 32.7 Å². The number of aryl methyl sites for hydroxylation is 1. The summed E-state index contributed by atoms with van der Waals surface area (Å²) in [7, 11) is 1.47.